The largest absolute Gasteiger partial charge is 0.481 e. The third kappa shape index (κ3) is 3.50. The van der Waals surface area contributed by atoms with Gasteiger partial charge in [-0.25, -0.2) is 0 Å². The molecule has 0 amide bonds. The summed E-state index contributed by atoms with van der Waals surface area (Å²) >= 11 is 0. The summed E-state index contributed by atoms with van der Waals surface area (Å²) in [5.74, 6) is 0.270. The summed E-state index contributed by atoms with van der Waals surface area (Å²) in [5.41, 5.74) is 4.63. The van der Waals surface area contributed by atoms with Gasteiger partial charge in [-0.3, -0.25) is 9.59 Å². The number of rotatable bonds is 5. The molecule has 0 spiro atoms. The summed E-state index contributed by atoms with van der Waals surface area (Å²) in [4.78, 5) is 25.2. The summed E-state index contributed by atoms with van der Waals surface area (Å²) in [6.45, 7) is 15.9. The van der Waals surface area contributed by atoms with Crippen LogP contribution in [0.25, 0.3) is 0 Å². The minimum absolute atomic E-state index is 0.0447. The van der Waals surface area contributed by atoms with Crippen molar-refractivity contribution in [3.8, 4) is 0 Å². The Morgan fingerprint density at radius 1 is 1.00 bits per heavy atom. The predicted molar refractivity (Wildman–Crippen MR) is 134 cm³/mol. The van der Waals surface area contributed by atoms with E-state index in [4.69, 9.17) is 0 Å². The maximum Gasteiger partial charge on any atom is 0.306 e. The predicted octanol–water partition coefficient (Wildman–Crippen LogP) is 7.75. The van der Waals surface area contributed by atoms with Crippen molar-refractivity contribution in [2.75, 3.05) is 0 Å². The summed E-state index contributed by atoms with van der Waals surface area (Å²) in [6.07, 6.45) is 12.0. The summed E-state index contributed by atoms with van der Waals surface area (Å²) in [7, 11) is 0. The maximum absolute atomic E-state index is 12.8. The van der Waals surface area contributed by atoms with Gasteiger partial charge in [-0.2, -0.15) is 0 Å². The van der Waals surface area contributed by atoms with Crippen LogP contribution in [0.3, 0.4) is 0 Å². The highest BCUT2D eigenvalue weighted by Gasteiger charge is 2.64. The Kier molecular flexibility index (Phi) is 6.07. The van der Waals surface area contributed by atoms with Crippen LogP contribution in [0, 0.1) is 39.4 Å². The minimum atomic E-state index is -0.601. The van der Waals surface area contributed by atoms with Crippen LogP contribution in [-0.2, 0) is 9.59 Å². The summed E-state index contributed by atoms with van der Waals surface area (Å²) < 4.78 is 0. The molecule has 2 saturated carbocycles. The first-order valence-electron chi connectivity index (χ1n) is 13.4. The van der Waals surface area contributed by atoms with Crippen molar-refractivity contribution in [3.05, 3.63) is 22.8 Å². The molecule has 4 aliphatic carbocycles. The lowest BCUT2D eigenvalue weighted by Crippen LogP contribution is -2.54. The van der Waals surface area contributed by atoms with Gasteiger partial charge in [-0.15, -0.1) is 0 Å². The van der Waals surface area contributed by atoms with Crippen molar-refractivity contribution in [2.24, 2.45) is 39.4 Å². The van der Waals surface area contributed by atoms with E-state index in [2.05, 4.69) is 54.5 Å². The first-order chi connectivity index (χ1) is 15.3. The van der Waals surface area contributed by atoms with Crippen LogP contribution in [0.4, 0.5) is 0 Å². The smallest absolute Gasteiger partial charge is 0.306 e. The van der Waals surface area contributed by atoms with Crippen molar-refractivity contribution in [2.45, 2.75) is 113 Å². The normalized spacial score (nSPS) is 40.5. The van der Waals surface area contributed by atoms with Gasteiger partial charge < -0.3 is 5.11 Å². The Balaban J connectivity index is 1.70. The number of hydrogen-bond donors (Lipinski definition) is 1. The molecule has 0 saturated heterocycles. The molecule has 4 rings (SSSR count). The SMILES string of the molecule is CC(C)=CCC[C@H](C(=O)O)[C@@H]1CC[C@]2(C)C3=C(CC[C@]12C)[C@]1(C)CCC(=O)C(C)(C)[C@@H]1CC3. The molecule has 0 aromatic rings. The van der Waals surface area contributed by atoms with E-state index in [0.717, 1.165) is 57.8 Å². The van der Waals surface area contributed by atoms with Gasteiger partial charge in [0.05, 0.1) is 5.92 Å². The van der Waals surface area contributed by atoms with Crippen LogP contribution in [0.5, 0.6) is 0 Å². The molecule has 6 atom stereocenters. The average molecular weight is 455 g/mol. The monoisotopic (exact) mass is 454 g/mol. The molecule has 0 aliphatic heterocycles. The van der Waals surface area contributed by atoms with E-state index in [1.54, 1.807) is 11.1 Å². The van der Waals surface area contributed by atoms with Crippen molar-refractivity contribution in [1.82, 2.24) is 0 Å². The summed E-state index contributed by atoms with van der Waals surface area (Å²) in [5, 5.41) is 10.2. The van der Waals surface area contributed by atoms with E-state index in [1.807, 2.05) is 0 Å². The van der Waals surface area contributed by atoms with Gasteiger partial charge in [0.1, 0.15) is 5.78 Å². The fourth-order valence-corrected chi connectivity index (χ4v) is 9.22. The van der Waals surface area contributed by atoms with Crippen LogP contribution < -0.4 is 0 Å². The van der Waals surface area contributed by atoms with Gasteiger partial charge in [-0.05, 0) is 99.7 Å². The number of Topliss-reactive ketones (excluding diaryl/α,β-unsaturated/α-hetero) is 1. The van der Waals surface area contributed by atoms with Crippen LogP contribution in [0.15, 0.2) is 22.8 Å². The number of aliphatic carboxylic acids is 1. The first kappa shape index (κ1) is 24.7. The fraction of sp³-hybridized carbons (Fsp3) is 0.800. The molecule has 2 fully saturated rings. The van der Waals surface area contributed by atoms with Crippen molar-refractivity contribution < 1.29 is 14.7 Å². The molecule has 0 bridgehead atoms. The topological polar surface area (TPSA) is 54.4 Å². The van der Waals surface area contributed by atoms with Crippen LogP contribution in [0.1, 0.15) is 113 Å². The van der Waals surface area contributed by atoms with Gasteiger partial charge in [0.2, 0.25) is 0 Å². The average Bonchev–Trinajstić information content (AvgIpc) is 3.00. The second-order valence-corrected chi connectivity index (χ2v) is 13.3. The molecule has 1 N–H and O–H groups in total. The van der Waals surface area contributed by atoms with E-state index in [-0.39, 0.29) is 33.5 Å². The molecule has 0 aromatic carbocycles. The Morgan fingerprint density at radius 3 is 2.33 bits per heavy atom. The first-order valence-corrected chi connectivity index (χ1v) is 13.4. The van der Waals surface area contributed by atoms with Crippen LogP contribution in [-0.4, -0.2) is 16.9 Å². The van der Waals surface area contributed by atoms with Gasteiger partial charge in [0, 0.05) is 11.8 Å². The Morgan fingerprint density at radius 2 is 1.70 bits per heavy atom. The third-order valence-corrected chi connectivity index (χ3v) is 11.4. The van der Waals surface area contributed by atoms with Crippen LogP contribution >= 0.6 is 0 Å². The van der Waals surface area contributed by atoms with Gasteiger partial charge >= 0.3 is 5.97 Å². The number of carboxylic acids is 1. The number of carboxylic acid groups (broad SMARTS) is 1. The second-order valence-electron chi connectivity index (χ2n) is 13.3. The molecule has 0 radical (unpaired) electrons. The van der Waals surface area contributed by atoms with E-state index >= 15 is 0 Å². The fourth-order valence-electron chi connectivity index (χ4n) is 9.22. The highest BCUT2D eigenvalue weighted by atomic mass is 16.4. The number of allylic oxidation sites excluding steroid dienone is 4. The zero-order chi connectivity index (χ0) is 24.4. The van der Waals surface area contributed by atoms with Crippen molar-refractivity contribution in [3.63, 3.8) is 0 Å². The molecule has 0 heterocycles. The molecule has 184 valence electrons. The number of carbonyl (C=O) groups excluding carboxylic acids is 1. The molecule has 4 aliphatic rings. The van der Waals surface area contributed by atoms with Gasteiger partial charge in [0.15, 0.2) is 0 Å². The van der Waals surface area contributed by atoms with E-state index in [0.29, 0.717) is 18.1 Å². The number of carbonyl (C=O) groups is 2. The molecule has 0 unspecified atom stereocenters. The lowest BCUT2D eigenvalue weighted by molar-refractivity contribution is -0.146. The van der Waals surface area contributed by atoms with Gasteiger partial charge in [-0.1, -0.05) is 57.4 Å². The molecule has 0 aromatic heterocycles. The van der Waals surface area contributed by atoms with Crippen molar-refractivity contribution in [1.29, 1.82) is 0 Å². The molecular formula is C30H46O3. The van der Waals surface area contributed by atoms with Gasteiger partial charge in [0.25, 0.3) is 0 Å². The van der Waals surface area contributed by atoms with E-state index in [1.165, 1.54) is 5.57 Å². The Labute approximate surface area is 201 Å². The highest BCUT2D eigenvalue weighted by molar-refractivity contribution is 5.85. The molecule has 33 heavy (non-hydrogen) atoms. The zero-order valence-electron chi connectivity index (χ0n) is 22.1. The van der Waals surface area contributed by atoms with E-state index < -0.39 is 5.97 Å². The summed E-state index contributed by atoms with van der Waals surface area (Å²) in [6, 6.07) is 0. The lowest BCUT2D eigenvalue weighted by atomic mass is 9.43. The lowest BCUT2D eigenvalue weighted by Gasteiger charge is -2.60. The quantitative estimate of drug-likeness (QED) is 0.432. The molecule has 3 heteroatoms. The number of hydrogen-bond acceptors (Lipinski definition) is 2. The zero-order valence-corrected chi connectivity index (χ0v) is 22.1. The van der Waals surface area contributed by atoms with E-state index in [9.17, 15) is 14.7 Å². The Bertz CT molecular complexity index is 904. The molecule has 3 nitrogen and oxygen atoms in total. The van der Waals surface area contributed by atoms with Crippen molar-refractivity contribution >= 4 is 11.8 Å². The minimum Gasteiger partial charge on any atom is -0.481 e. The standard InChI is InChI=1S/C30H46O3/c1-19(2)9-8-10-20(26(32)33)21-13-17-30(7)23-11-12-24-27(3,4)25(31)15-16-28(24,5)22(23)14-18-29(21,30)6/h9,20-21,24H,8,10-18H2,1-7H3,(H,32,33)/t20-,21-,24-,28-,29+,30+/m0/s1. The Hall–Kier alpha value is -1.38. The molecular weight excluding hydrogens is 408 g/mol. The maximum atomic E-state index is 12.8. The number of ketones is 1. The highest BCUT2D eigenvalue weighted by Crippen LogP contribution is 2.72. The third-order valence-electron chi connectivity index (χ3n) is 11.4. The van der Waals surface area contributed by atoms with Crippen LogP contribution in [0.2, 0.25) is 0 Å². The second kappa shape index (κ2) is 8.09. The number of fused-ring (bicyclic) bond motifs is 4.